The fourth-order valence-electron chi connectivity index (χ4n) is 3.60. The van der Waals surface area contributed by atoms with Crippen LogP contribution in [0.25, 0.3) is 17.3 Å². The number of rotatable bonds is 10. The molecule has 0 spiro atoms. The zero-order chi connectivity index (χ0) is 28.3. The molecule has 0 aliphatic rings. The summed E-state index contributed by atoms with van der Waals surface area (Å²) < 4.78 is 39.5. The van der Waals surface area contributed by atoms with Crippen molar-refractivity contribution in [1.82, 2.24) is 20.1 Å². The maximum Gasteiger partial charge on any atom is 0.252 e. The number of hydrogen-bond acceptors (Lipinski definition) is 5. The van der Waals surface area contributed by atoms with Gasteiger partial charge >= 0.3 is 0 Å². The topological polar surface area (TPSA) is 93.9 Å². The Morgan fingerprint density at radius 1 is 1.16 bits per heavy atom. The monoisotopic (exact) mass is 538 g/mol. The molecular formula is C29H35FN4O3S. The van der Waals surface area contributed by atoms with E-state index in [1.54, 1.807) is 61.2 Å². The number of sulfone groups is 1. The number of carbonyl (C=O) groups is 1. The molecule has 3 aromatic rings. The number of nitrogens with zero attached hydrogens (tertiary/aromatic N) is 3. The smallest absolute Gasteiger partial charge is 0.252 e. The average molecular weight is 539 g/mol. The maximum atomic E-state index is 13.4. The first-order valence-electron chi connectivity index (χ1n) is 12.4. The fourth-order valence-corrected chi connectivity index (χ4v) is 4.43. The molecule has 0 saturated carbocycles. The molecule has 0 aliphatic carbocycles. The van der Waals surface area contributed by atoms with Gasteiger partial charge in [0.1, 0.15) is 5.82 Å². The number of pyridine rings is 1. The van der Waals surface area contributed by atoms with Gasteiger partial charge in [0.2, 0.25) is 0 Å². The fraction of sp³-hybridized carbons (Fsp3) is 0.276. The third kappa shape index (κ3) is 7.35. The molecule has 2 aromatic heterocycles. The van der Waals surface area contributed by atoms with E-state index in [1.165, 1.54) is 30.8 Å². The molecule has 3 rings (SSSR count). The van der Waals surface area contributed by atoms with Crippen molar-refractivity contribution in [3.63, 3.8) is 0 Å². The van der Waals surface area contributed by atoms with Crippen molar-refractivity contribution >= 4 is 27.4 Å². The van der Waals surface area contributed by atoms with E-state index in [0.717, 1.165) is 0 Å². The molecule has 1 atom stereocenters. The van der Waals surface area contributed by atoms with Gasteiger partial charge in [0.25, 0.3) is 5.91 Å². The summed E-state index contributed by atoms with van der Waals surface area (Å²) >= 11 is 0. The summed E-state index contributed by atoms with van der Waals surface area (Å²) in [5.74, 6) is -0.820. The molecule has 1 N–H and O–H groups in total. The van der Waals surface area contributed by atoms with Gasteiger partial charge in [-0.25, -0.2) is 22.5 Å². The van der Waals surface area contributed by atoms with Crippen molar-refractivity contribution in [3.8, 4) is 5.69 Å². The predicted octanol–water partition coefficient (Wildman–Crippen LogP) is 6.10. The second-order valence-electron chi connectivity index (χ2n) is 8.33. The SMILES string of the molecule is C=CCC(NC(=O)/C(=C/C)c1cnn(-c2ccc(F)cc2)c1C=C)c1ccnc(S(=O)(=O)CC)c1.CCC. The summed E-state index contributed by atoms with van der Waals surface area (Å²) in [5.41, 5.74) is 2.69. The summed E-state index contributed by atoms with van der Waals surface area (Å²) in [7, 11) is -3.50. The molecule has 2 heterocycles. The highest BCUT2D eigenvalue weighted by atomic mass is 32.2. The van der Waals surface area contributed by atoms with Crippen LogP contribution >= 0.6 is 0 Å². The molecule has 1 aromatic carbocycles. The van der Waals surface area contributed by atoms with E-state index in [4.69, 9.17) is 0 Å². The van der Waals surface area contributed by atoms with Crippen molar-refractivity contribution in [2.24, 2.45) is 0 Å². The zero-order valence-corrected chi connectivity index (χ0v) is 23.1. The van der Waals surface area contributed by atoms with Crippen LogP contribution in [0.5, 0.6) is 0 Å². The van der Waals surface area contributed by atoms with E-state index in [1.807, 2.05) is 0 Å². The van der Waals surface area contributed by atoms with Crippen molar-refractivity contribution in [2.75, 3.05) is 5.75 Å². The highest BCUT2D eigenvalue weighted by molar-refractivity contribution is 7.91. The molecule has 1 unspecified atom stereocenters. The molecule has 38 heavy (non-hydrogen) atoms. The van der Waals surface area contributed by atoms with Crippen LogP contribution in [0.1, 0.15) is 63.4 Å². The summed E-state index contributed by atoms with van der Waals surface area (Å²) in [6, 6.07) is 8.44. The standard InChI is InChI=1S/C26H27FN4O3S.C3H8/c1-5-9-23(18-14-15-28-25(16-18)35(33,34)8-4)30-26(32)21(6-2)22-17-29-31(24(22)7-3)20-12-10-19(27)11-13-20;1-3-2/h5-7,10-17,23H,1,3,8-9H2,2,4H3,(H,30,32);3H2,1-2H3/b21-6+;. The van der Waals surface area contributed by atoms with Crippen LogP contribution in [0.2, 0.25) is 0 Å². The van der Waals surface area contributed by atoms with Crippen LogP contribution in [-0.2, 0) is 14.6 Å². The van der Waals surface area contributed by atoms with Crippen LogP contribution in [0.3, 0.4) is 0 Å². The molecule has 0 saturated heterocycles. The first kappa shape index (κ1) is 30.4. The second kappa shape index (κ2) is 14.2. The zero-order valence-electron chi connectivity index (χ0n) is 22.3. The van der Waals surface area contributed by atoms with E-state index in [2.05, 4.69) is 42.4 Å². The van der Waals surface area contributed by atoms with Gasteiger partial charge in [0, 0.05) is 17.3 Å². The second-order valence-corrected chi connectivity index (χ2v) is 10.6. The third-order valence-electron chi connectivity index (χ3n) is 5.46. The molecule has 0 radical (unpaired) electrons. The van der Waals surface area contributed by atoms with Crippen LogP contribution in [0.15, 0.2) is 79.1 Å². The Balaban J connectivity index is 0.00000161. The van der Waals surface area contributed by atoms with E-state index in [0.29, 0.717) is 34.5 Å². The minimum absolute atomic E-state index is 0.0402. The molecule has 0 fully saturated rings. The summed E-state index contributed by atoms with van der Waals surface area (Å²) in [5, 5.41) is 7.30. The molecule has 0 aliphatic heterocycles. The van der Waals surface area contributed by atoms with Crippen molar-refractivity contribution in [3.05, 3.63) is 96.7 Å². The lowest BCUT2D eigenvalue weighted by molar-refractivity contribution is -0.116. The molecule has 9 heteroatoms. The maximum absolute atomic E-state index is 13.4. The van der Waals surface area contributed by atoms with Gasteiger partial charge in [-0.2, -0.15) is 5.10 Å². The van der Waals surface area contributed by atoms with E-state index in [-0.39, 0.29) is 22.5 Å². The largest absolute Gasteiger partial charge is 0.345 e. The number of benzene rings is 1. The van der Waals surface area contributed by atoms with E-state index >= 15 is 0 Å². The Labute approximate surface area is 224 Å². The summed E-state index contributed by atoms with van der Waals surface area (Å²) in [4.78, 5) is 17.3. The first-order valence-corrected chi connectivity index (χ1v) is 14.1. The molecule has 7 nitrogen and oxygen atoms in total. The minimum Gasteiger partial charge on any atom is -0.345 e. The Hall–Kier alpha value is -3.85. The van der Waals surface area contributed by atoms with Gasteiger partial charge in [-0.05, 0) is 61.4 Å². The number of halogens is 1. The van der Waals surface area contributed by atoms with Gasteiger partial charge in [-0.15, -0.1) is 6.58 Å². The van der Waals surface area contributed by atoms with Crippen LogP contribution in [0.4, 0.5) is 4.39 Å². The van der Waals surface area contributed by atoms with Crippen molar-refractivity contribution in [2.45, 2.75) is 51.6 Å². The number of hydrogen-bond donors (Lipinski definition) is 1. The van der Waals surface area contributed by atoms with Crippen LogP contribution in [-0.4, -0.2) is 34.8 Å². The van der Waals surface area contributed by atoms with Gasteiger partial charge < -0.3 is 5.32 Å². The molecular weight excluding hydrogens is 503 g/mol. The van der Waals surface area contributed by atoms with Gasteiger partial charge in [-0.3, -0.25) is 4.79 Å². The number of nitrogens with one attached hydrogen (secondary N) is 1. The number of carbonyl (C=O) groups excluding carboxylic acids is 1. The number of allylic oxidation sites excluding steroid dienone is 1. The Bertz CT molecular complexity index is 1390. The lowest BCUT2D eigenvalue weighted by Gasteiger charge is -2.19. The molecule has 202 valence electrons. The predicted molar refractivity (Wildman–Crippen MR) is 151 cm³/mol. The van der Waals surface area contributed by atoms with Crippen LogP contribution in [0, 0.1) is 5.82 Å². The minimum atomic E-state index is -3.50. The third-order valence-corrected chi connectivity index (χ3v) is 7.08. The summed E-state index contributed by atoms with van der Waals surface area (Å²) in [6.45, 7) is 15.1. The van der Waals surface area contributed by atoms with Crippen molar-refractivity contribution < 1.29 is 17.6 Å². The molecule has 1 amide bonds. The quantitative estimate of drug-likeness (QED) is 0.249. The lowest BCUT2D eigenvalue weighted by atomic mass is 10.0. The highest BCUT2D eigenvalue weighted by Gasteiger charge is 2.23. The number of amides is 1. The Morgan fingerprint density at radius 2 is 1.82 bits per heavy atom. The highest BCUT2D eigenvalue weighted by Crippen LogP contribution is 2.26. The Kier molecular flexibility index (Phi) is 11.3. The number of aromatic nitrogens is 3. The van der Waals surface area contributed by atoms with Gasteiger partial charge in [0.05, 0.1) is 29.4 Å². The first-order chi connectivity index (χ1) is 18.2. The van der Waals surface area contributed by atoms with Gasteiger partial charge in [0.15, 0.2) is 14.9 Å². The van der Waals surface area contributed by atoms with Crippen molar-refractivity contribution in [1.29, 1.82) is 0 Å². The average Bonchev–Trinajstić information content (AvgIpc) is 3.33. The van der Waals surface area contributed by atoms with Crippen LogP contribution < -0.4 is 5.32 Å². The lowest BCUT2D eigenvalue weighted by Crippen LogP contribution is -2.29. The van der Waals surface area contributed by atoms with E-state index < -0.39 is 15.9 Å². The molecule has 0 bridgehead atoms. The summed E-state index contributed by atoms with van der Waals surface area (Å²) in [6.07, 6.45) is 9.49. The normalized spacial score (nSPS) is 12.2. The van der Waals surface area contributed by atoms with E-state index in [9.17, 15) is 17.6 Å². The Morgan fingerprint density at radius 3 is 2.37 bits per heavy atom. The van der Waals surface area contributed by atoms with Gasteiger partial charge in [-0.1, -0.05) is 45.9 Å².